The van der Waals surface area contributed by atoms with Gasteiger partial charge < -0.3 is 18.8 Å². The highest BCUT2D eigenvalue weighted by molar-refractivity contribution is 5.99. The fraction of sp³-hybridized carbons (Fsp3) is 0.290. The highest BCUT2D eigenvalue weighted by Crippen LogP contribution is 2.42. The topological polar surface area (TPSA) is 69.0 Å². The van der Waals surface area contributed by atoms with Crippen LogP contribution in [-0.4, -0.2) is 24.0 Å². The number of carbonyl (C=O) groups excluding carboxylic acids is 1. The van der Waals surface area contributed by atoms with Gasteiger partial charge in [0.05, 0.1) is 30.2 Å². The zero-order chi connectivity index (χ0) is 27.0. The molecule has 0 bridgehead atoms. The maximum atomic E-state index is 14.0. The van der Waals surface area contributed by atoms with Gasteiger partial charge in [-0.3, -0.25) is 9.59 Å². The molecule has 2 heterocycles. The molecule has 3 aromatic carbocycles. The van der Waals surface area contributed by atoms with Crippen LogP contribution in [0.15, 0.2) is 63.8 Å². The zero-order valence-electron chi connectivity index (χ0n) is 22.0. The molecule has 7 heteroatoms. The van der Waals surface area contributed by atoms with Crippen LogP contribution in [0.25, 0.3) is 11.0 Å². The Kier molecular flexibility index (Phi) is 6.93. The van der Waals surface area contributed by atoms with Crippen molar-refractivity contribution in [3.05, 3.63) is 104 Å². The molecule has 0 fully saturated rings. The molecule has 0 N–H and O–H groups in total. The number of nitrogens with zero attached hydrogens (tertiary/aromatic N) is 1. The van der Waals surface area contributed by atoms with Crippen molar-refractivity contribution < 1.29 is 23.1 Å². The van der Waals surface area contributed by atoms with Crippen molar-refractivity contribution in [2.75, 3.05) is 13.2 Å². The van der Waals surface area contributed by atoms with Gasteiger partial charge in [-0.25, -0.2) is 4.39 Å². The molecule has 0 saturated heterocycles. The number of hydrogen-bond donors (Lipinski definition) is 0. The van der Waals surface area contributed by atoms with E-state index in [9.17, 15) is 14.0 Å². The second-order valence-corrected chi connectivity index (χ2v) is 9.58. The van der Waals surface area contributed by atoms with Crippen molar-refractivity contribution in [3.63, 3.8) is 0 Å². The van der Waals surface area contributed by atoms with E-state index in [-0.39, 0.29) is 23.6 Å². The molecule has 1 aliphatic rings. The minimum atomic E-state index is -0.719. The number of rotatable bonds is 8. The Morgan fingerprint density at radius 2 is 1.71 bits per heavy atom. The van der Waals surface area contributed by atoms with Crippen molar-refractivity contribution in [2.45, 2.75) is 46.7 Å². The van der Waals surface area contributed by atoms with E-state index in [1.54, 1.807) is 23.1 Å². The maximum Gasteiger partial charge on any atom is 0.291 e. The average molecular weight is 516 g/mol. The Bertz CT molecular complexity index is 1570. The quantitative estimate of drug-likeness (QED) is 0.269. The van der Waals surface area contributed by atoms with Crippen LogP contribution < -0.4 is 14.9 Å². The molecule has 0 aliphatic carbocycles. The number of benzene rings is 3. The van der Waals surface area contributed by atoms with Crippen LogP contribution >= 0.6 is 0 Å². The number of halogens is 1. The molecule has 1 amide bonds. The maximum absolute atomic E-state index is 14.0. The highest BCUT2D eigenvalue weighted by Gasteiger charge is 2.43. The van der Waals surface area contributed by atoms with Crippen LogP contribution in [0, 0.1) is 19.7 Å². The third-order valence-corrected chi connectivity index (χ3v) is 6.72. The molecule has 0 radical (unpaired) electrons. The second kappa shape index (κ2) is 10.3. The first kappa shape index (κ1) is 25.5. The van der Waals surface area contributed by atoms with Crippen molar-refractivity contribution >= 4 is 16.9 Å². The van der Waals surface area contributed by atoms with Crippen molar-refractivity contribution in [1.82, 2.24) is 4.90 Å². The van der Waals surface area contributed by atoms with Gasteiger partial charge in [0.1, 0.15) is 11.4 Å². The summed E-state index contributed by atoms with van der Waals surface area (Å²) in [5, 5.41) is 0.462. The Morgan fingerprint density at radius 1 is 0.947 bits per heavy atom. The van der Waals surface area contributed by atoms with Gasteiger partial charge in [-0.1, -0.05) is 31.2 Å². The summed E-state index contributed by atoms with van der Waals surface area (Å²) in [5.74, 6) is 0.418. The lowest BCUT2D eigenvalue weighted by Gasteiger charge is -2.26. The molecule has 1 aliphatic heterocycles. The molecule has 196 valence electrons. The van der Waals surface area contributed by atoms with E-state index >= 15 is 0 Å². The SMILES string of the molecule is CCCOc1ccc(C2c3c(oc4cc(C)cc(C)c4c3=O)C(=O)N2Cc2ccc(F)cc2)cc1OCC. The van der Waals surface area contributed by atoms with Gasteiger partial charge in [-0.05, 0) is 79.8 Å². The van der Waals surface area contributed by atoms with Gasteiger partial charge in [-0.2, -0.15) is 0 Å². The number of ether oxygens (including phenoxy) is 2. The largest absolute Gasteiger partial charge is 0.490 e. The molecule has 0 spiro atoms. The lowest BCUT2D eigenvalue weighted by molar-refractivity contribution is 0.0714. The van der Waals surface area contributed by atoms with Crippen LogP contribution in [0.4, 0.5) is 4.39 Å². The van der Waals surface area contributed by atoms with E-state index in [1.807, 2.05) is 52.0 Å². The molecular weight excluding hydrogens is 485 g/mol. The Morgan fingerprint density at radius 3 is 2.42 bits per heavy atom. The predicted molar refractivity (Wildman–Crippen MR) is 143 cm³/mol. The normalized spacial score (nSPS) is 14.7. The molecule has 6 nitrogen and oxygen atoms in total. The molecule has 1 atom stereocenters. The third-order valence-electron chi connectivity index (χ3n) is 6.72. The summed E-state index contributed by atoms with van der Waals surface area (Å²) in [6, 6.07) is 14.5. The summed E-state index contributed by atoms with van der Waals surface area (Å²) in [7, 11) is 0. The van der Waals surface area contributed by atoms with Crippen molar-refractivity contribution in [1.29, 1.82) is 0 Å². The average Bonchev–Trinajstić information content (AvgIpc) is 3.16. The number of fused-ring (bicyclic) bond motifs is 2. The lowest BCUT2D eigenvalue weighted by Crippen LogP contribution is -2.29. The van der Waals surface area contributed by atoms with Crippen LogP contribution in [0.1, 0.15) is 64.7 Å². The standard InChI is InChI=1S/C31H30FNO5/c1-5-13-37-23-12-9-21(16-24(23)36-6-2)28-27-29(34)26-19(4)14-18(3)15-25(26)38-30(27)31(35)33(28)17-20-7-10-22(32)11-8-20/h7-12,14-16,28H,5-6,13,17H2,1-4H3. The molecule has 38 heavy (non-hydrogen) atoms. The molecule has 1 aromatic heterocycles. The van der Waals surface area contributed by atoms with E-state index < -0.39 is 11.9 Å². The zero-order valence-corrected chi connectivity index (χ0v) is 22.0. The first-order valence-corrected chi connectivity index (χ1v) is 12.8. The fourth-order valence-electron chi connectivity index (χ4n) is 5.10. The second-order valence-electron chi connectivity index (χ2n) is 9.58. The van der Waals surface area contributed by atoms with E-state index in [2.05, 4.69) is 0 Å². The summed E-state index contributed by atoms with van der Waals surface area (Å²) < 4.78 is 31.5. The monoisotopic (exact) mass is 515 g/mol. The van der Waals surface area contributed by atoms with Crippen LogP contribution in [0.5, 0.6) is 11.5 Å². The lowest BCUT2D eigenvalue weighted by atomic mass is 9.96. The van der Waals surface area contributed by atoms with Gasteiger partial charge in [-0.15, -0.1) is 0 Å². The van der Waals surface area contributed by atoms with Crippen molar-refractivity contribution in [3.8, 4) is 11.5 Å². The number of hydrogen-bond acceptors (Lipinski definition) is 5. The first-order valence-electron chi connectivity index (χ1n) is 12.8. The Hall–Kier alpha value is -4.13. The minimum absolute atomic E-state index is 0.0314. The number of amides is 1. The summed E-state index contributed by atoms with van der Waals surface area (Å²) in [4.78, 5) is 29.4. The summed E-state index contributed by atoms with van der Waals surface area (Å²) in [6.07, 6.45) is 0.843. The third kappa shape index (κ3) is 4.53. The van der Waals surface area contributed by atoms with Gasteiger partial charge in [0, 0.05) is 6.54 Å². The van der Waals surface area contributed by atoms with Crippen LogP contribution in [0.2, 0.25) is 0 Å². The minimum Gasteiger partial charge on any atom is -0.490 e. The van der Waals surface area contributed by atoms with Gasteiger partial charge >= 0.3 is 0 Å². The van der Waals surface area contributed by atoms with E-state index in [0.717, 1.165) is 23.1 Å². The van der Waals surface area contributed by atoms with Gasteiger partial charge in [0.25, 0.3) is 5.91 Å². The number of carbonyl (C=O) groups is 1. The van der Waals surface area contributed by atoms with E-state index in [1.165, 1.54) is 12.1 Å². The summed E-state index contributed by atoms with van der Waals surface area (Å²) >= 11 is 0. The van der Waals surface area contributed by atoms with Gasteiger partial charge in [0.15, 0.2) is 16.9 Å². The summed E-state index contributed by atoms with van der Waals surface area (Å²) in [5.41, 5.74) is 3.60. The molecule has 1 unspecified atom stereocenters. The molecular formula is C31H30FNO5. The van der Waals surface area contributed by atoms with Crippen molar-refractivity contribution in [2.24, 2.45) is 0 Å². The number of aryl methyl sites for hydroxylation is 2. The Labute approximate surface area is 220 Å². The molecule has 4 aromatic rings. The Balaban J connectivity index is 1.71. The summed E-state index contributed by atoms with van der Waals surface area (Å²) in [6.45, 7) is 8.83. The smallest absolute Gasteiger partial charge is 0.291 e. The first-order chi connectivity index (χ1) is 18.3. The fourth-order valence-corrected chi connectivity index (χ4v) is 5.10. The highest BCUT2D eigenvalue weighted by atomic mass is 19.1. The molecule has 0 saturated carbocycles. The van der Waals surface area contributed by atoms with Gasteiger partial charge in [0.2, 0.25) is 5.76 Å². The van der Waals surface area contributed by atoms with E-state index in [0.29, 0.717) is 46.8 Å². The van der Waals surface area contributed by atoms with E-state index in [4.69, 9.17) is 13.9 Å². The predicted octanol–water partition coefficient (Wildman–Crippen LogP) is 6.48. The van der Waals surface area contributed by atoms with Crippen LogP contribution in [-0.2, 0) is 6.54 Å². The molecule has 5 rings (SSSR count). The van der Waals surface area contributed by atoms with Crippen LogP contribution in [0.3, 0.4) is 0 Å².